The van der Waals surface area contributed by atoms with Crippen LogP contribution in [0.5, 0.6) is 0 Å². The molecular weight excluding hydrogens is 396 g/mol. The van der Waals surface area contributed by atoms with Gasteiger partial charge in [0.15, 0.2) is 0 Å². The average Bonchev–Trinajstić information content (AvgIpc) is 3.21. The van der Waals surface area contributed by atoms with Crippen LogP contribution in [0.2, 0.25) is 0 Å². The van der Waals surface area contributed by atoms with E-state index in [1.165, 1.54) is 0 Å². The number of piperazine rings is 1. The van der Waals surface area contributed by atoms with E-state index in [9.17, 15) is 9.90 Å². The number of piperidine rings is 1. The smallest absolute Gasteiger partial charge is 0.290 e. The lowest BCUT2D eigenvalue weighted by Crippen LogP contribution is -2.64. The summed E-state index contributed by atoms with van der Waals surface area (Å²) in [6.07, 6.45) is 2.44. The van der Waals surface area contributed by atoms with E-state index in [2.05, 4.69) is 16.8 Å². The number of amides is 1. The molecule has 0 spiro atoms. The number of carboxylic acid groups (broad SMARTS) is 1. The topological polar surface area (TPSA) is 89.3 Å². The van der Waals surface area contributed by atoms with Crippen molar-refractivity contribution in [1.82, 2.24) is 19.3 Å². The molecule has 1 amide bonds. The van der Waals surface area contributed by atoms with Crippen molar-refractivity contribution in [2.75, 3.05) is 46.3 Å². The third-order valence-corrected chi connectivity index (χ3v) is 6.41. The number of likely N-dealkylation sites (N-methyl/N-ethyl adjacent to an activating group) is 1. The zero-order valence-electron chi connectivity index (χ0n) is 18.2. The highest BCUT2D eigenvalue weighted by molar-refractivity contribution is 5.92. The second kappa shape index (κ2) is 10.1. The molecule has 1 aromatic heterocycles. The number of aryl methyl sites for hydroxylation is 1. The first-order valence-corrected chi connectivity index (χ1v) is 10.6. The molecule has 0 aliphatic carbocycles. The SMILES string of the molecule is CN1CCN([C@@H]2CN(C(=O)c3cccn3C)CC[C@]2(O)c2ccccc2)CC1.O=CO. The van der Waals surface area contributed by atoms with Gasteiger partial charge in [0, 0.05) is 52.5 Å². The predicted molar refractivity (Wildman–Crippen MR) is 118 cm³/mol. The molecule has 3 heterocycles. The van der Waals surface area contributed by atoms with Crippen molar-refractivity contribution >= 4 is 12.4 Å². The van der Waals surface area contributed by atoms with Gasteiger partial charge in [0.05, 0.1) is 6.04 Å². The van der Waals surface area contributed by atoms with E-state index in [4.69, 9.17) is 9.90 Å². The quantitative estimate of drug-likeness (QED) is 0.711. The molecule has 0 saturated carbocycles. The van der Waals surface area contributed by atoms with Crippen molar-refractivity contribution in [2.24, 2.45) is 7.05 Å². The van der Waals surface area contributed by atoms with Gasteiger partial charge in [-0.15, -0.1) is 0 Å². The van der Waals surface area contributed by atoms with E-state index < -0.39 is 5.60 Å². The maximum atomic E-state index is 13.1. The van der Waals surface area contributed by atoms with E-state index in [0.29, 0.717) is 25.2 Å². The number of nitrogens with zero attached hydrogens (tertiary/aromatic N) is 4. The number of hydrogen-bond donors (Lipinski definition) is 2. The largest absolute Gasteiger partial charge is 0.483 e. The fourth-order valence-corrected chi connectivity index (χ4v) is 4.57. The molecular formula is C23H32N4O4. The summed E-state index contributed by atoms with van der Waals surface area (Å²) in [4.78, 5) is 28.1. The molecule has 8 nitrogen and oxygen atoms in total. The predicted octanol–water partition coefficient (Wildman–Crippen LogP) is 1.08. The van der Waals surface area contributed by atoms with Gasteiger partial charge < -0.3 is 24.6 Å². The van der Waals surface area contributed by atoms with Crippen molar-refractivity contribution in [3.05, 3.63) is 59.9 Å². The average molecular weight is 429 g/mol. The Kier molecular flexibility index (Phi) is 7.48. The second-order valence-electron chi connectivity index (χ2n) is 8.26. The first kappa shape index (κ1) is 23.0. The molecule has 2 saturated heterocycles. The minimum absolute atomic E-state index is 0.0433. The first-order valence-electron chi connectivity index (χ1n) is 10.6. The zero-order valence-corrected chi connectivity index (χ0v) is 18.2. The van der Waals surface area contributed by atoms with Gasteiger partial charge in [0.2, 0.25) is 0 Å². The molecule has 0 unspecified atom stereocenters. The summed E-state index contributed by atoms with van der Waals surface area (Å²) in [6, 6.07) is 13.6. The Labute approximate surface area is 183 Å². The van der Waals surface area contributed by atoms with Gasteiger partial charge in [-0.2, -0.15) is 0 Å². The van der Waals surface area contributed by atoms with Crippen molar-refractivity contribution in [1.29, 1.82) is 0 Å². The molecule has 0 bridgehead atoms. The van der Waals surface area contributed by atoms with Crippen LogP contribution < -0.4 is 0 Å². The van der Waals surface area contributed by atoms with Gasteiger partial charge in [-0.1, -0.05) is 30.3 Å². The molecule has 8 heteroatoms. The van der Waals surface area contributed by atoms with E-state index in [-0.39, 0.29) is 18.4 Å². The minimum atomic E-state index is -0.942. The van der Waals surface area contributed by atoms with Gasteiger partial charge in [-0.05, 0) is 31.2 Å². The Hall–Kier alpha value is -2.68. The van der Waals surface area contributed by atoms with Crippen molar-refractivity contribution in [3.8, 4) is 0 Å². The Morgan fingerprint density at radius 1 is 1.03 bits per heavy atom. The highest BCUT2D eigenvalue weighted by atomic mass is 16.3. The van der Waals surface area contributed by atoms with Crippen LogP contribution in [-0.4, -0.2) is 94.2 Å². The molecule has 4 rings (SSSR count). The summed E-state index contributed by atoms with van der Waals surface area (Å²) in [6.45, 7) is 4.62. The fourth-order valence-electron chi connectivity index (χ4n) is 4.57. The lowest BCUT2D eigenvalue weighted by molar-refractivity contribution is -0.122. The maximum Gasteiger partial charge on any atom is 0.290 e. The molecule has 168 valence electrons. The summed E-state index contributed by atoms with van der Waals surface area (Å²) >= 11 is 0. The number of aliphatic hydroxyl groups is 1. The highest BCUT2D eigenvalue weighted by Crippen LogP contribution is 2.36. The Balaban J connectivity index is 0.000000858. The van der Waals surface area contributed by atoms with Crippen LogP contribution in [0.15, 0.2) is 48.7 Å². The summed E-state index contributed by atoms with van der Waals surface area (Å²) in [5.74, 6) is 0.0433. The number of hydrogen-bond acceptors (Lipinski definition) is 5. The Bertz CT molecular complexity index is 863. The number of likely N-dealkylation sites (tertiary alicyclic amines) is 1. The van der Waals surface area contributed by atoms with Crippen molar-refractivity contribution < 1.29 is 19.8 Å². The maximum absolute atomic E-state index is 13.1. The van der Waals surface area contributed by atoms with Gasteiger partial charge in [0.1, 0.15) is 11.3 Å². The van der Waals surface area contributed by atoms with Gasteiger partial charge in [-0.3, -0.25) is 14.5 Å². The van der Waals surface area contributed by atoms with E-state index in [1.807, 2.05) is 65.2 Å². The standard InChI is InChI=1S/C22H30N4O2.CH2O2/c1-23-13-15-25(16-14-23)20-17-26(21(27)19-9-6-11-24(19)2)12-10-22(20,28)18-7-4-3-5-8-18;2-1-3/h3-9,11,20,28H,10,12-17H2,1-2H3;1H,(H,2,3)/t20-,22+;/m1./s1. The summed E-state index contributed by atoms with van der Waals surface area (Å²) in [7, 11) is 4.03. The number of benzene rings is 1. The molecule has 2 atom stereocenters. The third-order valence-electron chi connectivity index (χ3n) is 6.41. The van der Waals surface area contributed by atoms with E-state index in [0.717, 1.165) is 31.7 Å². The minimum Gasteiger partial charge on any atom is -0.483 e. The molecule has 31 heavy (non-hydrogen) atoms. The third kappa shape index (κ3) is 4.98. The van der Waals surface area contributed by atoms with Crippen LogP contribution in [0.25, 0.3) is 0 Å². The van der Waals surface area contributed by atoms with Crippen LogP contribution in [0.3, 0.4) is 0 Å². The van der Waals surface area contributed by atoms with E-state index >= 15 is 0 Å². The number of rotatable bonds is 3. The van der Waals surface area contributed by atoms with Gasteiger partial charge >= 0.3 is 0 Å². The van der Waals surface area contributed by atoms with Gasteiger partial charge in [0.25, 0.3) is 12.4 Å². The van der Waals surface area contributed by atoms with E-state index in [1.54, 1.807) is 0 Å². The first-order chi connectivity index (χ1) is 14.9. The lowest BCUT2D eigenvalue weighted by Gasteiger charge is -2.51. The molecule has 2 N–H and O–H groups in total. The van der Waals surface area contributed by atoms with Crippen LogP contribution in [0.1, 0.15) is 22.5 Å². The van der Waals surface area contributed by atoms with Crippen LogP contribution in [-0.2, 0) is 17.4 Å². The van der Waals surface area contributed by atoms with Crippen LogP contribution in [0, 0.1) is 0 Å². The fraction of sp³-hybridized carbons (Fsp3) is 0.478. The lowest BCUT2D eigenvalue weighted by atomic mass is 9.79. The summed E-state index contributed by atoms with van der Waals surface area (Å²) in [5.41, 5.74) is 0.703. The van der Waals surface area contributed by atoms with Crippen molar-refractivity contribution in [3.63, 3.8) is 0 Å². The normalized spacial score (nSPS) is 24.9. The summed E-state index contributed by atoms with van der Waals surface area (Å²) < 4.78 is 1.87. The van der Waals surface area contributed by atoms with Crippen LogP contribution in [0.4, 0.5) is 0 Å². The molecule has 1 aromatic carbocycles. The number of aromatic nitrogens is 1. The van der Waals surface area contributed by atoms with Crippen LogP contribution >= 0.6 is 0 Å². The summed E-state index contributed by atoms with van der Waals surface area (Å²) in [5, 5.41) is 18.7. The monoisotopic (exact) mass is 428 g/mol. The molecule has 2 aliphatic heterocycles. The Morgan fingerprint density at radius 2 is 1.68 bits per heavy atom. The Morgan fingerprint density at radius 3 is 2.26 bits per heavy atom. The second-order valence-corrected chi connectivity index (χ2v) is 8.26. The molecule has 0 radical (unpaired) electrons. The molecule has 2 aliphatic rings. The van der Waals surface area contributed by atoms with Crippen molar-refractivity contribution in [2.45, 2.75) is 18.1 Å². The molecule has 2 aromatic rings. The van der Waals surface area contributed by atoms with Gasteiger partial charge in [-0.25, -0.2) is 0 Å². The highest BCUT2D eigenvalue weighted by Gasteiger charge is 2.47. The zero-order chi connectivity index (χ0) is 22.4. The number of carbonyl (C=O) groups is 2. The number of carbonyl (C=O) groups excluding carboxylic acids is 1. The molecule has 2 fully saturated rings.